The topological polar surface area (TPSA) is 71.1 Å². The summed E-state index contributed by atoms with van der Waals surface area (Å²) in [5, 5.41) is -0.104. The van der Waals surface area contributed by atoms with Gasteiger partial charge in [0, 0.05) is 10.5 Å². The van der Waals surface area contributed by atoms with Crippen molar-refractivity contribution in [2.75, 3.05) is 26.4 Å². The minimum atomic E-state index is -0.604. The lowest BCUT2D eigenvalue weighted by Gasteiger charge is -2.35. The maximum Gasteiger partial charge on any atom is 0.307 e. The van der Waals surface area contributed by atoms with Gasteiger partial charge in [0.15, 0.2) is 0 Å². The molecule has 0 saturated heterocycles. The van der Waals surface area contributed by atoms with Crippen LogP contribution in [0.1, 0.15) is 71.2 Å². The number of thiol groups is 2. The number of fused-ring (bicyclic) bond motifs is 3. The number of aryl methyl sites for hydroxylation is 4. The average molecular weight is 699 g/mol. The van der Waals surface area contributed by atoms with Gasteiger partial charge in [-0.15, -0.1) is 0 Å². The summed E-state index contributed by atoms with van der Waals surface area (Å²) in [6, 6.07) is 26.2. The van der Waals surface area contributed by atoms with Gasteiger partial charge < -0.3 is 18.9 Å². The van der Waals surface area contributed by atoms with Crippen molar-refractivity contribution >= 4 is 37.2 Å². The van der Waals surface area contributed by atoms with Gasteiger partial charge >= 0.3 is 11.9 Å². The lowest BCUT2D eigenvalue weighted by molar-refractivity contribution is -0.145. The van der Waals surface area contributed by atoms with Crippen molar-refractivity contribution in [3.05, 3.63) is 117 Å². The third-order valence-corrected chi connectivity index (χ3v) is 9.21. The van der Waals surface area contributed by atoms with Crippen LogP contribution >= 0.6 is 25.3 Å². The zero-order chi connectivity index (χ0) is 35.3. The van der Waals surface area contributed by atoms with Crippen LogP contribution in [0.2, 0.25) is 0 Å². The molecule has 258 valence electrons. The molecule has 4 aromatic rings. The van der Waals surface area contributed by atoms with Gasteiger partial charge in [-0.1, -0.05) is 86.6 Å². The minimum absolute atomic E-state index is 0.0522. The second kappa shape index (κ2) is 15.8. The number of ether oxygens (including phenoxy) is 4. The number of hydrogen-bond acceptors (Lipinski definition) is 8. The molecule has 0 heterocycles. The Kier molecular flexibility index (Phi) is 11.7. The molecular formula is C41H46O6S2. The Balaban J connectivity index is 1.52. The monoisotopic (exact) mass is 698 g/mol. The number of benzene rings is 4. The molecule has 1 aliphatic rings. The van der Waals surface area contributed by atoms with E-state index >= 15 is 0 Å². The molecule has 0 aromatic heterocycles. The van der Waals surface area contributed by atoms with E-state index in [1.807, 2.05) is 13.8 Å². The highest BCUT2D eigenvalue weighted by atomic mass is 32.1. The third kappa shape index (κ3) is 7.81. The van der Waals surface area contributed by atoms with E-state index < -0.39 is 5.41 Å². The molecule has 0 spiro atoms. The summed E-state index contributed by atoms with van der Waals surface area (Å²) >= 11 is 8.55. The third-order valence-electron chi connectivity index (χ3n) is 8.85. The standard InChI is InChI=1S/C41H46O6S2/c1-25-19-31(20-26(2)39(25)46-17-15-44-37(42)23-29(5)48)41(35-13-9-7-11-33(35)34-12-8-10-14-36(34)41)32-21-27(3)40(28(4)22-32)47-18-16-45-38(43)24-30(6)49/h7-14,19-22,29-30,48-49H,15-18,23-24H2,1-6H3. The smallest absolute Gasteiger partial charge is 0.307 e. The zero-order valence-electron chi connectivity index (χ0n) is 29.2. The van der Waals surface area contributed by atoms with Gasteiger partial charge in [-0.3, -0.25) is 9.59 Å². The van der Waals surface area contributed by atoms with Crippen LogP contribution in [-0.2, 0) is 24.5 Å². The number of carbonyl (C=O) groups excluding carboxylic acids is 2. The van der Waals surface area contributed by atoms with Crippen LogP contribution < -0.4 is 9.47 Å². The van der Waals surface area contributed by atoms with E-state index in [1.54, 1.807) is 0 Å². The van der Waals surface area contributed by atoms with E-state index in [0.717, 1.165) is 44.9 Å². The van der Waals surface area contributed by atoms with Gasteiger partial charge in [0.2, 0.25) is 0 Å². The maximum absolute atomic E-state index is 12.0. The Labute approximate surface area is 301 Å². The summed E-state index contributed by atoms with van der Waals surface area (Å²) in [5.41, 5.74) is 10.5. The number of rotatable bonds is 14. The second-order valence-electron chi connectivity index (χ2n) is 13.0. The lowest BCUT2D eigenvalue weighted by Crippen LogP contribution is -2.29. The van der Waals surface area contributed by atoms with E-state index in [0.29, 0.717) is 0 Å². The Morgan fingerprint density at radius 1 is 0.592 bits per heavy atom. The molecule has 5 rings (SSSR count). The van der Waals surface area contributed by atoms with Crippen molar-refractivity contribution in [1.29, 1.82) is 0 Å². The van der Waals surface area contributed by atoms with Crippen molar-refractivity contribution in [3.8, 4) is 22.6 Å². The largest absolute Gasteiger partial charge is 0.489 e. The first-order valence-corrected chi connectivity index (χ1v) is 17.8. The van der Waals surface area contributed by atoms with Gasteiger partial charge in [0.05, 0.1) is 18.3 Å². The molecule has 1 aliphatic carbocycles. The van der Waals surface area contributed by atoms with Gasteiger partial charge in [-0.05, 0) is 83.3 Å². The molecule has 49 heavy (non-hydrogen) atoms. The molecule has 0 saturated carbocycles. The highest BCUT2D eigenvalue weighted by Crippen LogP contribution is 2.57. The molecule has 0 fully saturated rings. The Hall–Kier alpha value is -3.88. The van der Waals surface area contributed by atoms with Crippen LogP contribution in [0.4, 0.5) is 0 Å². The van der Waals surface area contributed by atoms with E-state index in [9.17, 15) is 9.59 Å². The molecule has 0 bridgehead atoms. The van der Waals surface area contributed by atoms with E-state index in [-0.39, 0.29) is 61.7 Å². The summed E-state index contributed by atoms with van der Waals surface area (Å²) in [6.45, 7) is 12.9. The molecule has 2 atom stereocenters. The van der Waals surface area contributed by atoms with E-state index in [2.05, 4.69) is 126 Å². The fourth-order valence-electron chi connectivity index (χ4n) is 7.01. The molecular weight excluding hydrogens is 653 g/mol. The van der Waals surface area contributed by atoms with Crippen LogP contribution in [0.25, 0.3) is 11.1 Å². The van der Waals surface area contributed by atoms with Gasteiger partial charge in [-0.2, -0.15) is 25.3 Å². The maximum atomic E-state index is 12.0. The quantitative estimate of drug-likeness (QED) is 0.0689. The van der Waals surface area contributed by atoms with Crippen LogP contribution in [0.3, 0.4) is 0 Å². The van der Waals surface area contributed by atoms with E-state index in [4.69, 9.17) is 18.9 Å². The lowest BCUT2D eigenvalue weighted by atomic mass is 9.66. The normalized spacial score (nSPS) is 14.0. The van der Waals surface area contributed by atoms with E-state index in [1.165, 1.54) is 22.3 Å². The summed E-state index contributed by atoms with van der Waals surface area (Å²) in [7, 11) is 0. The molecule has 8 heteroatoms. The van der Waals surface area contributed by atoms with Crippen molar-refractivity contribution < 1.29 is 28.5 Å². The van der Waals surface area contributed by atoms with Crippen LogP contribution in [0, 0.1) is 27.7 Å². The number of hydrogen-bond donors (Lipinski definition) is 2. The summed E-state index contributed by atoms with van der Waals surface area (Å²) in [5.74, 6) is 1.02. The minimum Gasteiger partial charge on any atom is -0.489 e. The fourth-order valence-corrected chi connectivity index (χ4v) is 7.31. The predicted molar refractivity (Wildman–Crippen MR) is 202 cm³/mol. The molecule has 0 radical (unpaired) electrons. The molecule has 0 amide bonds. The van der Waals surface area contributed by atoms with Crippen LogP contribution in [-0.4, -0.2) is 48.9 Å². The second-order valence-corrected chi connectivity index (χ2v) is 14.7. The highest BCUT2D eigenvalue weighted by Gasteiger charge is 2.46. The Morgan fingerprint density at radius 3 is 1.29 bits per heavy atom. The van der Waals surface area contributed by atoms with Crippen molar-refractivity contribution in [3.63, 3.8) is 0 Å². The average Bonchev–Trinajstić information content (AvgIpc) is 3.34. The van der Waals surface area contributed by atoms with Crippen molar-refractivity contribution in [2.24, 2.45) is 0 Å². The summed E-state index contributed by atoms with van der Waals surface area (Å²) < 4.78 is 23.1. The summed E-state index contributed by atoms with van der Waals surface area (Å²) in [4.78, 5) is 24.0. The molecule has 4 aromatic carbocycles. The van der Waals surface area contributed by atoms with Crippen LogP contribution in [0.5, 0.6) is 11.5 Å². The molecule has 0 N–H and O–H groups in total. The van der Waals surface area contributed by atoms with Gasteiger partial charge in [0.1, 0.15) is 37.9 Å². The van der Waals surface area contributed by atoms with Crippen molar-refractivity contribution in [2.45, 2.75) is 70.3 Å². The number of esters is 2. The van der Waals surface area contributed by atoms with Crippen molar-refractivity contribution in [1.82, 2.24) is 0 Å². The zero-order valence-corrected chi connectivity index (χ0v) is 31.0. The van der Waals surface area contributed by atoms with Crippen LogP contribution in [0.15, 0.2) is 72.8 Å². The summed E-state index contributed by atoms with van der Waals surface area (Å²) in [6.07, 6.45) is 0.525. The SMILES string of the molecule is Cc1cc(C2(c3cc(C)c(OCCOC(=O)CC(C)S)c(C)c3)c3ccccc3-c3ccccc32)cc(C)c1OCCOC(=O)CC(C)S. The Morgan fingerprint density at radius 2 is 0.939 bits per heavy atom. The van der Waals surface area contributed by atoms with Gasteiger partial charge in [-0.25, -0.2) is 0 Å². The Bertz CT molecular complexity index is 1650. The first kappa shape index (κ1) is 36.4. The fraction of sp³-hybridized carbons (Fsp3) is 0.366. The molecule has 6 nitrogen and oxygen atoms in total. The number of carbonyl (C=O) groups is 2. The molecule has 2 unspecified atom stereocenters. The molecule has 0 aliphatic heterocycles. The predicted octanol–water partition coefficient (Wildman–Crippen LogP) is 8.54. The first-order valence-electron chi connectivity index (χ1n) is 16.8. The van der Waals surface area contributed by atoms with Gasteiger partial charge in [0.25, 0.3) is 0 Å². The highest BCUT2D eigenvalue weighted by molar-refractivity contribution is 7.81. The first-order chi connectivity index (χ1) is 23.4.